The Hall–Kier alpha value is -1.95. The molecule has 0 saturated heterocycles. The Morgan fingerprint density at radius 2 is 2.26 bits per heavy atom. The SMILES string of the molecule is COc1ccc(C(=O)CSc2cnccn2)cc1F. The van der Waals surface area contributed by atoms with Gasteiger partial charge in [0.2, 0.25) is 0 Å². The molecule has 19 heavy (non-hydrogen) atoms. The van der Waals surface area contributed by atoms with Crippen molar-refractivity contribution in [2.24, 2.45) is 0 Å². The van der Waals surface area contributed by atoms with E-state index in [0.29, 0.717) is 10.6 Å². The first kappa shape index (κ1) is 13.5. The molecule has 0 aliphatic rings. The second-order valence-corrected chi connectivity index (χ2v) is 4.60. The van der Waals surface area contributed by atoms with Crippen molar-refractivity contribution in [2.75, 3.05) is 12.9 Å². The van der Waals surface area contributed by atoms with Crippen LogP contribution in [-0.2, 0) is 0 Å². The molecule has 4 nitrogen and oxygen atoms in total. The van der Waals surface area contributed by atoms with E-state index in [0.717, 1.165) is 0 Å². The molecular weight excluding hydrogens is 267 g/mol. The van der Waals surface area contributed by atoms with Gasteiger partial charge in [0.25, 0.3) is 0 Å². The largest absolute Gasteiger partial charge is 0.494 e. The number of benzene rings is 1. The third kappa shape index (κ3) is 3.51. The molecule has 0 radical (unpaired) electrons. The molecule has 0 spiro atoms. The van der Waals surface area contributed by atoms with E-state index in [1.807, 2.05) is 0 Å². The number of aromatic nitrogens is 2. The molecule has 0 aliphatic heterocycles. The predicted octanol–water partition coefficient (Wildman–Crippen LogP) is 2.60. The molecule has 0 fully saturated rings. The predicted molar refractivity (Wildman–Crippen MR) is 70.0 cm³/mol. The molecule has 0 bridgehead atoms. The number of nitrogens with zero attached hydrogens (tertiary/aromatic N) is 2. The Labute approximate surface area is 114 Å². The lowest BCUT2D eigenvalue weighted by atomic mass is 10.1. The van der Waals surface area contributed by atoms with Gasteiger partial charge in [-0.15, -0.1) is 0 Å². The number of carbonyl (C=O) groups excluding carboxylic acids is 1. The average Bonchev–Trinajstić information content (AvgIpc) is 2.45. The minimum Gasteiger partial charge on any atom is -0.494 e. The fourth-order valence-corrected chi connectivity index (χ4v) is 2.14. The van der Waals surface area contributed by atoms with Gasteiger partial charge in [-0.05, 0) is 18.2 Å². The number of halogens is 1. The molecule has 1 aromatic heterocycles. The number of carbonyl (C=O) groups is 1. The van der Waals surface area contributed by atoms with E-state index in [1.165, 1.54) is 31.0 Å². The maximum atomic E-state index is 13.5. The van der Waals surface area contributed by atoms with Crippen LogP contribution in [-0.4, -0.2) is 28.6 Å². The maximum Gasteiger partial charge on any atom is 0.173 e. The van der Waals surface area contributed by atoms with Crippen LogP contribution in [0.25, 0.3) is 0 Å². The first-order chi connectivity index (χ1) is 9.20. The highest BCUT2D eigenvalue weighted by molar-refractivity contribution is 7.99. The van der Waals surface area contributed by atoms with E-state index >= 15 is 0 Å². The van der Waals surface area contributed by atoms with Crippen LogP contribution in [0.5, 0.6) is 5.75 Å². The number of methoxy groups -OCH3 is 1. The smallest absolute Gasteiger partial charge is 0.173 e. The second kappa shape index (κ2) is 6.29. The highest BCUT2D eigenvalue weighted by atomic mass is 32.2. The third-order valence-corrected chi connectivity index (χ3v) is 3.28. The van der Waals surface area contributed by atoms with Gasteiger partial charge in [0.15, 0.2) is 17.3 Å². The minimum absolute atomic E-state index is 0.123. The second-order valence-electron chi connectivity index (χ2n) is 3.60. The lowest BCUT2D eigenvalue weighted by Crippen LogP contribution is -2.03. The van der Waals surface area contributed by atoms with E-state index in [4.69, 9.17) is 4.74 Å². The highest BCUT2D eigenvalue weighted by Gasteiger charge is 2.11. The summed E-state index contributed by atoms with van der Waals surface area (Å²) in [7, 11) is 1.38. The van der Waals surface area contributed by atoms with E-state index < -0.39 is 5.82 Å². The van der Waals surface area contributed by atoms with Crippen LogP contribution in [0.15, 0.2) is 41.8 Å². The molecule has 0 aliphatic carbocycles. The zero-order valence-corrected chi connectivity index (χ0v) is 11.0. The van der Waals surface area contributed by atoms with Crippen molar-refractivity contribution in [1.29, 1.82) is 0 Å². The topological polar surface area (TPSA) is 52.1 Å². The Morgan fingerprint density at radius 1 is 1.42 bits per heavy atom. The van der Waals surface area contributed by atoms with Crippen molar-refractivity contribution in [1.82, 2.24) is 9.97 Å². The van der Waals surface area contributed by atoms with Gasteiger partial charge in [0, 0.05) is 18.0 Å². The molecule has 0 atom stereocenters. The molecule has 0 amide bonds. The number of rotatable bonds is 5. The molecule has 0 unspecified atom stereocenters. The van der Waals surface area contributed by atoms with Crippen LogP contribution < -0.4 is 4.74 Å². The van der Waals surface area contributed by atoms with Crippen LogP contribution >= 0.6 is 11.8 Å². The quantitative estimate of drug-likeness (QED) is 0.621. The van der Waals surface area contributed by atoms with Gasteiger partial charge in [-0.2, -0.15) is 0 Å². The monoisotopic (exact) mass is 278 g/mol. The van der Waals surface area contributed by atoms with Crippen LogP contribution in [0.3, 0.4) is 0 Å². The van der Waals surface area contributed by atoms with E-state index in [2.05, 4.69) is 9.97 Å². The van der Waals surface area contributed by atoms with Crippen molar-refractivity contribution >= 4 is 17.5 Å². The van der Waals surface area contributed by atoms with Gasteiger partial charge >= 0.3 is 0 Å². The van der Waals surface area contributed by atoms with Crippen molar-refractivity contribution in [2.45, 2.75) is 5.03 Å². The molecule has 0 saturated carbocycles. The zero-order valence-electron chi connectivity index (χ0n) is 10.2. The molecular formula is C13H11FN2O2S. The van der Waals surface area contributed by atoms with Gasteiger partial charge in [0.05, 0.1) is 19.1 Å². The van der Waals surface area contributed by atoms with Crippen molar-refractivity contribution in [3.05, 3.63) is 48.2 Å². The number of ketones is 1. The number of thioether (sulfide) groups is 1. The van der Waals surface area contributed by atoms with Crippen LogP contribution in [0, 0.1) is 5.82 Å². The molecule has 2 aromatic rings. The van der Waals surface area contributed by atoms with Crippen molar-refractivity contribution in [3.63, 3.8) is 0 Å². The van der Waals surface area contributed by atoms with E-state index in [9.17, 15) is 9.18 Å². The number of hydrogen-bond donors (Lipinski definition) is 0. The summed E-state index contributed by atoms with van der Waals surface area (Å²) in [5.74, 6) is -0.405. The van der Waals surface area contributed by atoms with E-state index in [1.54, 1.807) is 24.7 Å². The van der Waals surface area contributed by atoms with Gasteiger partial charge in [0.1, 0.15) is 5.03 Å². The van der Waals surface area contributed by atoms with Gasteiger partial charge in [-0.25, -0.2) is 9.37 Å². The molecule has 1 heterocycles. The highest BCUT2D eigenvalue weighted by Crippen LogP contribution is 2.20. The zero-order chi connectivity index (χ0) is 13.7. The lowest BCUT2D eigenvalue weighted by Gasteiger charge is -2.04. The first-order valence-electron chi connectivity index (χ1n) is 5.46. The summed E-state index contributed by atoms with van der Waals surface area (Å²) >= 11 is 1.26. The fraction of sp³-hybridized carbons (Fsp3) is 0.154. The Kier molecular flexibility index (Phi) is 4.46. The van der Waals surface area contributed by atoms with E-state index in [-0.39, 0.29) is 17.3 Å². The lowest BCUT2D eigenvalue weighted by molar-refractivity contribution is 0.102. The summed E-state index contributed by atoms with van der Waals surface area (Å²) in [5, 5.41) is 0.657. The van der Waals surface area contributed by atoms with Gasteiger partial charge < -0.3 is 4.74 Å². The molecule has 1 aromatic carbocycles. The number of hydrogen-bond acceptors (Lipinski definition) is 5. The summed E-state index contributed by atoms with van der Waals surface area (Å²) in [5.41, 5.74) is 0.315. The normalized spacial score (nSPS) is 10.2. The maximum absolute atomic E-state index is 13.5. The number of ether oxygens (including phenoxy) is 1. The molecule has 98 valence electrons. The minimum atomic E-state index is -0.544. The summed E-state index contributed by atoms with van der Waals surface area (Å²) in [4.78, 5) is 19.8. The molecule has 6 heteroatoms. The Balaban J connectivity index is 2.02. The average molecular weight is 278 g/mol. The standard InChI is InChI=1S/C13H11FN2O2S/c1-18-12-3-2-9(6-10(12)14)11(17)8-19-13-7-15-4-5-16-13/h2-7H,8H2,1H3. The molecule has 0 N–H and O–H groups in total. The fourth-order valence-electron chi connectivity index (χ4n) is 1.42. The van der Waals surface area contributed by atoms with Gasteiger partial charge in [-0.3, -0.25) is 9.78 Å². The van der Waals surface area contributed by atoms with Crippen molar-refractivity contribution < 1.29 is 13.9 Å². The van der Waals surface area contributed by atoms with Crippen LogP contribution in [0.1, 0.15) is 10.4 Å². The summed E-state index contributed by atoms with van der Waals surface area (Å²) < 4.78 is 18.3. The summed E-state index contributed by atoms with van der Waals surface area (Å²) in [6.45, 7) is 0. The Morgan fingerprint density at radius 3 is 2.89 bits per heavy atom. The van der Waals surface area contributed by atoms with Crippen molar-refractivity contribution in [3.8, 4) is 5.75 Å². The first-order valence-corrected chi connectivity index (χ1v) is 6.45. The van der Waals surface area contributed by atoms with Gasteiger partial charge in [-0.1, -0.05) is 11.8 Å². The summed E-state index contributed by atoms with van der Waals surface area (Å²) in [6, 6.07) is 4.16. The van der Waals surface area contributed by atoms with Crippen LogP contribution in [0.2, 0.25) is 0 Å². The molecule has 2 rings (SSSR count). The summed E-state index contributed by atoms with van der Waals surface area (Å²) in [6.07, 6.45) is 4.69. The third-order valence-electron chi connectivity index (χ3n) is 2.36. The van der Waals surface area contributed by atoms with Crippen LogP contribution in [0.4, 0.5) is 4.39 Å². The Bertz CT molecular complexity index is 578. The number of Topliss-reactive ketones (excluding diaryl/α,β-unsaturated/α-hetero) is 1.